The van der Waals surface area contributed by atoms with E-state index in [2.05, 4.69) is 0 Å². The lowest BCUT2D eigenvalue weighted by atomic mass is 9.81. The zero-order valence-corrected chi connectivity index (χ0v) is 19.8. The van der Waals surface area contributed by atoms with Crippen molar-refractivity contribution in [1.29, 1.82) is 0 Å². The monoisotopic (exact) mass is 487 g/mol. The molecule has 1 saturated heterocycles. The van der Waals surface area contributed by atoms with Crippen molar-refractivity contribution in [2.45, 2.75) is 5.54 Å². The molecule has 9 heteroatoms. The topological polar surface area (TPSA) is 108 Å². The SMILES string of the molecule is CN1C(=O)C2(C(C(=O)c3cc4ccccc4o3)=C([O-])C(=O)N2CC[NH+]2CCOCC2)c2ccccc21. The van der Waals surface area contributed by atoms with E-state index in [0.29, 0.717) is 42.0 Å². The van der Waals surface area contributed by atoms with Gasteiger partial charge in [0.25, 0.3) is 5.91 Å². The van der Waals surface area contributed by atoms with E-state index in [4.69, 9.17) is 9.15 Å². The summed E-state index contributed by atoms with van der Waals surface area (Å²) in [6.07, 6.45) is 0. The minimum Gasteiger partial charge on any atom is -0.868 e. The van der Waals surface area contributed by atoms with E-state index in [1.165, 1.54) is 14.7 Å². The number of Topliss-reactive ketones (excluding diaryl/α,β-unsaturated/α-hetero) is 1. The first-order valence-electron chi connectivity index (χ1n) is 12.0. The number of anilines is 1. The molecule has 3 aliphatic heterocycles. The van der Waals surface area contributed by atoms with E-state index < -0.39 is 28.9 Å². The fraction of sp³-hybridized carbons (Fsp3) is 0.296. The number of ether oxygens (including phenoxy) is 1. The molecule has 0 aliphatic carbocycles. The number of ketones is 1. The van der Waals surface area contributed by atoms with Crippen LogP contribution in [0.3, 0.4) is 0 Å². The van der Waals surface area contributed by atoms with E-state index in [0.717, 1.165) is 13.1 Å². The molecule has 36 heavy (non-hydrogen) atoms. The highest BCUT2D eigenvalue weighted by Crippen LogP contribution is 2.52. The van der Waals surface area contributed by atoms with E-state index in [1.54, 1.807) is 55.6 Å². The Balaban J connectivity index is 1.49. The van der Waals surface area contributed by atoms with Crippen LogP contribution in [-0.2, 0) is 19.9 Å². The lowest BCUT2D eigenvalue weighted by Crippen LogP contribution is -3.14. The van der Waals surface area contributed by atoms with Gasteiger partial charge in [-0.15, -0.1) is 0 Å². The predicted octanol–water partition coefficient (Wildman–Crippen LogP) is -0.141. The molecule has 2 aromatic carbocycles. The third kappa shape index (κ3) is 3.06. The Hall–Kier alpha value is -3.95. The Labute approximate surface area is 207 Å². The lowest BCUT2D eigenvalue weighted by molar-refractivity contribution is -0.907. The van der Waals surface area contributed by atoms with Gasteiger partial charge in [0.05, 0.1) is 26.3 Å². The average molecular weight is 488 g/mol. The van der Waals surface area contributed by atoms with Gasteiger partial charge in [-0.1, -0.05) is 36.4 Å². The van der Waals surface area contributed by atoms with Gasteiger partial charge in [0.15, 0.2) is 11.3 Å². The summed E-state index contributed by atoms with van der Waals surface area (Å²) < 4.78 is 11.2. The van der Waals surface area contributed by atoms with Crippen molar-refractivity contribution in [1.82, 2.24) is 4.90 Å². The van der Waals surface area contributed by atoms with Crippen LogP contribution in [0.15, 0.2) is 70.3 Å². The van der Waals surface area contributed by atoms with Crippen molar-refractivity contribution < 1.29 is 33.5 Å². The maximum Gasteiger partial charge on any atom is 0.262 e. The number of hydrogen-bond donors (Lipinski definition) is 1. The molecule has 3 aliphatic rings. The molecule has 0 radical (unpaired) electrons. The smallest absolute Gasteiger partial charge is 0.262 e. The number of benzene rings is 2. The van der Waals surface area contributed by atoms with Crippen LogP contribution >= 0.6 is 0 Å². The Morgan fingerprint density at radius 1 is 1.08 bits per heavy atom. The van der Waals surface area contributed by atoms with Crippen LogP contribution in [0.4, 0.5) is 5.69 Å². The maximum absolute atomic E-state index is 14.0. The van der Waals surface area contributed by atoms with Gasteiger partial charge in [0, 0.05) is 29.3 Å². The van der Waals surface area contributed by atoms with Crippen LogP contribution in [0, 0.1) is 0 Å². The molecule has 2 amide bonds. The van der Waals surface area contributed by atoms with Crippen LogP contribution in [0.2, 0.25) is 0 Å². The Kier molecular flexibility index (Phi) is 5.20. The highest BCUT2D eigenvalue weighted by atomic mass is 16.5. The van der Waals surface area contributed by atoms with Gasteiger partial charge < -0.3 is 29.0 Å². The number of carbonyl (C=O) groups excluding carboxylic acids is 3. The fourth-order valence-corrected chi connectivity index (χ4v) is 5.66. The first-order valence-corrected chi connectivity index (χ1v) is 12.0. The van der Waals surface area contributed by atoms with Gasteiger partial charge in [0.2, 0.25) is 11.7 Å². The molecular formula is C27H25N3O6. The Morgan fingerprint density at radius 2 is 1.81 bits per heavy atom. The number of likely N-dealkylation sites (N-methyl/N-ethyl adjacent to an activating group) is 1. The van der Waals surface area contributed by atoms with Crippen molar-refractivity contribution in [2.24, 2.45) is 0 Å². The van der Waals surface area contributed by atoms with Crippen molar-refractivity contribution in [3.05, 3.63) is 77.3 Å². The van der Waals surface area contributed by atoms with Gasteiger partial charge in [0.1, 0.15) is 18.7 Å². The average Bonchev–Trinajstić information content (AvgIpc) is 3.51. The minimum absolute atomic E-state index is 0.0767. The zero-order valence-electron chi connectivity index (χ0n) is 19.8. The number of hydrogen-bond acceptors (Lipinski definition) is 6. The summed E-state index contributed by atoms with van der Waals surface area (Å²) in [6, 6.07) is 15.6. The normalized spacial score (nSPS) is 22.4. The number of para-hydroxylation sites is 2. The number of nitrogens with zero attached hydrogens (tertiary/aromatic N) is 2. The molecule has 6 rings (SSSR count). The standard InChI is InChI=1S/C27H25N3O6/c1-28-19-8-4-3-7-18(19)27(26(28)34)22(23(31)21-16-17-6-2-5-9-20(17)36-21)24(32)25(33)30(27)11-10-29-12-14-35-15-13-29/h2-9,16,32H,10-15H2,1H3. The summed E-state index contributed by atoms with van der Waals surface area (Å²) in [5.41, 5.74) is -0.709. The second-order valence-corrected chi connectivity index (χ2v) is 9.34. The molecule has 1 aromatic heterocycles. The molecule has 1 unspecified atom stereocenters. The predicted molar refractivity (Wildman–Crippen MR) is 127 cm³/mol. The zero-order chi connectivity index (χ0) is 25.0. The first-order chi connectivity index (χ1) is 17.4. The highest BCUT2D eigenvalue weighted by Gasteiger charge is 2.63. The van der Waals surface area contributed by atoms with E-state index in [1.807, 2.05) is 6.07 Å². The van der Waals surface area contributed by atoms with E-state index >= 15 is 0 Å². The molecule has 1 N–H and O–H groups in total. The molecular weight excluding hydrogens is 462 g/mol. The number of rotatable bonds is 5. The van der Waals surface area contributed by atoms with Crippen LogP contribution < -0.4 is 14.9 Å². The van der Waals surface area contributed by atoms with E-state index in [-0.39, 0.29) is 17.9 Å². The molecule has 3 aromatic rings. The number of carbonyl (C=O) groups is 3. The quantitative estimate of drug-likeness (QED) is 0.502. The molecule has 1 atom stereocenters. The van der Waals surface area contributed by atoms with Gasteiger partial charge in [-0.25, -0.2) is 0 Å². The van der Waals surface area contributed by atoms with Crippen LogP contribution in [0.1, 0.15) is 16.1 Å². The molecule has 184 valence electrons. The van der Waals surface area contributed by atoms with Gasteiger partial charge in [-0.2, -0.15) is 0 Å². The number of amides is 2. The number of quaternary nitrogens is 1. The summed E-state index contributed by atoms with van der Waals surface area (Å²) in [7, 11) is 1.60. The first kappa shape index (κ1) is 22.5. The third-order valence-corrected chi connectivity index (χ3v) is 7.47. The summed E-state index contributed by atoms with van der Waals surface area (Å²) in [5.74, 6) is -3.13. The third-order valence-electron chi connectivity index (χ3n) is 7.47. The lowest BCUT2D eigenvalue weighted by Gasteiger charge is -2.37. The van der Waals surface area contributed by atoms with Crippen LogP contribution in [0.5, 0.6) is 0 Å². The van der Waals surface area contributed by atoms with E-state index in [9.17, 15) is 19.5 Å². The summed E-state index contributed by atoms with van der Waals surface area (Å²) in [4.78, 5) is 45.3. The van der Waals surface area contributed by atoms with Gasteiger partial charge >= 0.3 is 0 Å². The van der Waals surface area contributed by atoms with Gasteiger partial charge in [-0.05, 0) is 24.0 Å². The molecule has 4 heterocycles. The second kappa shape index (κ2) is 8.32. The molecule has 1 spiro atoms. The van der Waals surface area contributed by atoms with Crippen molar-refractivity contribution in [3.63, 3.8) is 0 Å². The summed E-state index contributed by atoms with van der Waals surface area (Å²) in [6.45, 7) is 3.42. The van der Waals surface area contributed by atoms with Crippen molar-refractivity contribution in [3.8, 4) is 0 Å². The number of nitrogens with one attached hydrogen (secondary N) is 1. The summed E-state index contributed by atoms with van der Waals surface area (Å²) >= 11 is 0. The largest absolute Gasteiger partial charge is 0.868 e. The number of morpholine rings is 1. The van der Waals surface area contributed by atoms with Crippen molar-refractivity contribution >= 4 is 34.3 Å². The van der Waals surface area contributed by atoms with Crippen LogP contribution in [-0.4, -0.2) is 68.9 Å². The number of furan rings is 1. The Bertz CT molecular complexity index is 1400. The fourth-order valence-electron chi connectivity index (χ4n) is 5.66. The Morgan fingerprint density at radius 3 is 2.58 bits per heavy atom. The van der Waals surface area contributed by atoms with Crippen LogP contribution in [0.25, 0.3) is 11.0 Å². The second-order valence-electron chi connectivity index (χ2n) is 9.34. The van der Waals surface area contributed by atoms with Gasteiger partial charge in [-0.3, -0.25) is 14.4 Å². The molecule has 0 bridgehead atoms. The molecule has 0 saturated carbocycles. The number of fused-ring (bicyclic) bond motifs is 3. The minimum atomic E-state index is -1.83. The molecule has 1 fully saturated rings. The summed E-state index contributed by atoms with van der Waals surface area (Å²) in [5, 5.41) is 14.2. The maximum atomic E-state index is 14.0. The highest BCUT2D eigenvalue weighted by molar-refractivity contribution is 6.25. The van der Waals surface area contributed by atoms with Crippen molar-refractivity contribution in [2.75, 3.05) is 51.3 Å². The molecule has 9 nitrogen and oxygen atoms in total.